The number of halogens is 3. The number of nitro benzene ring substituents is 2. The molecule has 1 heterocycles. The summed E-state index contributed by atoms with van der Waals surface area (Å²) in [6.45, 7) is 5.61. The van der Waals surface area contributed by atoms with E-state index in [1.54, 1.807) is 0 Å². The quantitative estimate of drug-likeness (QED) is 0.629. The van der Waals surface area contributed by atoms with Crippen LogP contribution in [0.2, 0.25) is 0 Å². The van der Waals surface area contributed by atoms with Crippen LogP contribution >= 0.6 is 0 Å². The first-order valence-corrected chi connectivity index (χ1v) is 6.98. The molecule has 0 spiro atoms. The van der Waals surface area contributed by atoms with Gasteiger partial charge in [0, 0.05) is 6.54 Å². The highest BCUT2D eigenvalue weighted by Gasteiger charge is 2.38. The van der Waals surface area contributed by atoms with Gasteiger partial charge in [-0.3, -0.25) is 20.2 Å². The molecule has 12 heteroatoms. The lowest BCUT2D eigenvalue weighted by Crippen LogP contribution is -2.19. The molecule has 0 radical (unpaired) electrons. The van der Waals surface area contributed by atoms with E-state index in [-0.39, 0.29) is 17.6 Å². The number of nitro groups is 2. The van der Waals surface area contributed by atoms with Gasteiger partial charge in [-0.2, -0.15) is 13.2 Å². The number of nitrogens with zero attached hydrogens (tertiary/aromatic N) is 3. The van der Waals surface area contributed by atoms with E-state index in [1.165, 1.54) is 0 Å². The van der Waals surface area contributed by atoms with E-state index < -0.39 is 44.3 Å². The lowest BCUT2D eigenvalue weighted by Gasteiger charge is -2.19. The Morgan fingerprint density at radius 3 is 2.16 bits per heavy atom. The van der Waals surface area contributed by atoms with E-state index in [1.807, 2.05) is 25.8 Å². The van der Waals surface area contributed by atoms with Crippen molar-refractivity contribution in [1.82, 2.24) is 9.97 Å². The minimum absolute atomic E-state index is 0.182. The van der Waals surface area contributed by atoms with Crippen molar-refractivity contribution in [1.29, 1.82) is 0 Å². The topological polar surface area (TPSA) is 127 Å². The molecule has 0 amide bonds. The normalized spacial score (nSPS) is 12.4. The average Bonchev–Trinajstić information content (AvgIpc) is 2.87. The third-order valence-electron chi connectivity index (χ3n) is 3.18. The second-order valence-electron chi connectivity index (χ2n) is 6.53. The summed E-state index contributed by atoms with van der Waals surface area (Å²) in [7, 11) is 0. The van der Waals surface area contributed by atoms with E-state index in [0.717, 1.165) is 0 Å². The van der Waals surface area contributed by atoms with Crippen LogP contribution in [0, 0.1) is 25.6 Å². The van der Waals surface area contributed by atoms with E-state index in [2.05, 4.69) is 10.3 Å². The number of aromatic nitrogens is 2. The zero-order chi connectivity index (χ0) is 19.2. The molecule has 2 N–H and O–H groups in total. The number of non-ortho nitro benzene ring substituents is 1. The molecule has 2 rings (SSSR count). The summed E-state index contributed by atoms with van der Waals surface area (Å²) in [5, 5.41) is 25.1. The van der Waals surface area contributed by atoms with E-state index in [9.17, 15) is 33.4 Å². The predicted molar refractivity (Wildman–Crippen MR) is 82.3 cm³/mol. The van der Waals surface area contributed by atoms with Crippen LogP contribution in [-0.4, -0.2) is 26.4 Å². The van der Waals surface area contributed by atoms with Crippen LogP contribution in [0.4, 0.5) is 30.2 Å². The first-order valence-electron chi connectivity index (χ1n) is 6.98. The first-order chi connectivity index (χ1) is 11.3. The van der Waals surface area contributed by atoms with Gasteiger partial charge in [-0.25, -0.2) is 4.98 Å². The average molecular weight is 361 g/mol. The zero-order valence-corrected chi connectivity index (χ0v) is 13.4. The Kier molecular flexibility index (Phi) is 4.32. The molecular weight excluding hydrogens is 347 g/mol. The zero-order valence-electron chi connectivity index (χ0n) is 13.4. The van der Waals surface area contributed by atoms with Gasteiger partial charge in [0.1, 0.15) is 11.2 Å². The van der Waals surface area contributed by atoms with Crippen LogP contribution in [0.15, 0.2) is 6.07 Å². The molecule has 1 aromatic heterocycles. The van der Waals surface area contributed by atoms with E-state index >= 15 is 0 Å². The Morgan fingerprint density at radius 1 is 1.16 bits per heavy atom. The molecule has 0 unspecified atom stereocenters. The monoisotopic (exact) mass is 361 g/mol. The molecule has 0 fully saturated rings. The maximum atomic E-state index is 12.9. The van der Waals surface area contributed by atoms with E-state index in [0.29, 0.717) is 6.07 Å². The number of nitrogens with one attached hydrogen (secondary N) is 2. The summed E-state index contributed by atoms with van der Waals surface area (Å²) in [6.07, 6.45) is -4.89. The molecular formula is C13H14F3N5O4. The fourth-order valence-corrected chi connectivity index (χ4v) is 2.09. The van der Waals surface area contributed by atoms with Crippen molar-refractivity contribution < 1.29 is 23.0 Å². The Balaban J connectivity index is 2.80. The van der Waals surface area contributed by atoms with Crippen LogP contribution in [0.5, 0.6) is 0 Å². The summed E-state index contributed by atoms with van der Waals surface area (Å²) in [5.74, 6) is -1.47. The van der Waals surface area contributed by atoms with Gasteiger partial charge >= 0.3 is 17.6 Å². The fourth-order valence-electron chi connectivity index (χ4n) is 2.09. The Hall–Kier alpha value is -2.92. The minimum Gasteiger partial charge on any atom is -0.377 e. The number of alkyl halides is 3. The molecule has 0 bridgehead atoms. The molecule has 1 aromatic carbocycles. The molecule has 0 saturated carbocycles. The molecule has 9 nitrogen and oxygen atoms in total. The Morgan fingerprint density at radius 2 is 1.72 bits per heavy atom. The SMILES string of the molecule is CC(C)(C)CNc1c([N+](=O)[O-])cc([N+](=O)[O-])c2nc(C(F)(F)F)[nH]c12. The number of hydrogen-bond donors (Lipinski definition) is 2. The molecule has 0 aliphatic heterocycles. The number of aromatic amines is 1. The fraction of sp³-hybridized carbons (Fsp3) is 0.462. The number of H-pyrrole nitrogens is 1. The van der Waals surface area contributed by atoms with Crippen molar-refractivity contribution in [3.63, 3.8) is 0 Å². The summed E-state index contributed by atoms with van der Waals surface area (Å²) in [4.78, 5) is 25.6. The number of hydrogen-bond acceptors (Lipinski definition) is 6. The van der Waals surface area contributed by atoms with Crippen LogP contribution in [0.1, 0.15) is 26.6 Å². The van der Waals surface area contributed by atoms with E-state index in [4.69, 9.17) is 0 Å². The van der Waals surface area contributed by atoms with Gasteiger partial charge in [0.15, 0.2) is 5.52 Å². The smallest absolute Gasteiger partial charge is 0.377 e. The molecule has 2 aromatic rings. The first kappa shape index (κ1) is 18.4. The maximum absolute atomic E-state index is 12.9. The number of benzene rings is 1. The third kappa shape index (κ3) is 3.78. The molecule has 0 aliphatic carbocycles. The number of imidazole rings is 1. The highest BCUT2D eigenvalue weighted by molar-refractivity contribution is 5.99. The van der Waals surface area contributed by atoms with Gasteiger partial charge < -0.3 is 10.3 Å². The highest BCUT2D eigenvalue weighted by atomic mass is 19.4. The van der Waals surface area contributed by atoms with Gasteiger partial charge in [-0.05, 0) is 5.41 Å². The van der Waals surface area contributed by atoms with Gasteiger partial charge in [-0.15, -0.1) is 0 Å². The molecule has 0 saturated heterocycles. The second-order valence-corrected chi connectivity index (χ2v) is 6.53. The summed E-state index contributed by atoms with van der Waals surface area (Å²) in [6, 6.07) is 0.605. The van der Waals surface area contributed by atoms with Crippen LogP contribution in [-0.2, 0) is 6.18 Å². The van der Waals surface area contributed by atoms with Crippen molar-refractivity contribution in [3.8, 4) is 0 Å². The van der Waals surface area contributed by atoms with Crippen molar-refractivity contribution in [3.05, 3.63) is 32.1 Å². The van der Waals surface area contributed by atoms with Crippen molar-refractivity contribution in [2.45, 2.75) is 26.9 Å². The van der Waals surface area contributed by atoms with Crippen molar-refractivity contribution >= 4 is 28.1 Å². The van der Waals surface area contributed by atoms with Crippen LogP contribution in [0.3, 0.4) is 0 Å². The summed E-state index contributed by atoms with van der Waals surface area (Å²) >= 11 is 0. The van der Waals surface area contributed by atoms with Gasteiger partial charge in [-0.1, -0.05) is 20.8 Å². The third-order valence-corrected chi connectivity index (χ3v) is 3.18. The molecule has 136 valence electrons. The van der Waals surface area contributed by atoms with Crippen LogP contribution < -0.4 is 5.32 Å². The second kappa shape index (κ2) is 5.86. The number of fused-ring (bicyclic) bond motifs is 1. The largest absolute Gasteiger partial charge is 0.449 e. The minimum atomic E-state index is -4.89. The van der Waals surface area contributed by atoms with Crippen LogP contribution in [0.25, 0.3) is 11.0 Å². The lowest BCUT2D eigenvalue weighted by molar-refractivity contribution is -0.392. The Bertz CT molecular complexity index is 854. The molecule has 0 aliphatic rings. The standard InChI is InChI=1S/C13H14F3N5O4/c1-12(2,3)5-17-8-6(20(22)23)4-7(21(24)25)9-10(8)19-11(18-9)13(14,15)16/h4,17H,5H2,1-3H3,(H,18,19). The van der Waals surface area contributed by atoms with Gasteiger partial charge in [0.05, 0.1) is 15.9 Å². The number of anilines is 1. The summed E-state index contributed by atoms with van der Waals surface area (Å²) < 4.78 is 38.7. The highest BCUT2D eigenvalue weighted by Crippen LogP contribution is 2.40. The van der Waals surface area contributed by atoms with Gasteiger partial charge in [0.25, 0.3) is 0 Å². The Labute approximate surface area is 138 Å². The number of rotatable bonds is 4. The summed E-state index contributed by atoms with van der Waals surface area (Å²) in [5.41, 5.74) is -3.25. The molecule has 25 heavy (non-hydrogen) atoms. The maximum Gasteiger partial charge on any atom is 0.449 e. The molecule has 0 atom stereocenters. The lowest BCUT2D eigenvalue weighted by atomic mass is 9.97. The van der Waals surface area contributed by atoms with Crippen molar-refractivity contribution in [2.75, 3.05) is 11.9 Å². The predicted octanol–water partition coefficient (Wildman–Crippen LogP) is 3.86. The van der Waals surface area contributed by atoms with Gasteiger partial charge in [0.2, 0.25) is 5.82 Å². The van der Waals surface area contributed by atoms with Crippen molar-refractivity contribution in [2.24, 2.45) is 5.41 Å².